The molecular weight excluding hydrogens is 204 g/mol. The van der Waals surface area contributed by atoms with Crippen molar-refractivity contribution < 1.29 is 0 Å². The summed E-state index contributed by atoms with van der Waals surface area (Å²) in [7, 11) is 0. The summed E-state index contributed by atoms with van der Waals surface area (Å²) < 4.78 is 0. The molecule has 2 fully saturated rings. The van der Waals surface area contributed by atoms with E-state index in [2.05, 4.69) is 34.6 Å². The first-order chi connectivity index (χ1) is 8.00. The molecule has 2 saturated carbocycles. The van der Waals surface area contributed by atoms with Gasteiger partial charge in [-0.25, -0.2) is 0 Å². The maximum Gasteiger partial charge on any atom is -0.0334 e. The first-order valence-electron chi connectivity index (χ1n) is 8.00. The Bertz CT molecular complexity index is 222. The Morgan fingerprint density at radius 1 is 0.647 bits per heavy atom. The highest BCUT2D eigenvalue weighted by molar-refractivity contribution is 4.89. The van der Waals surface area contributed by atoms with Crippen LogP contribution in [0.1, 0.15) is 66.7 Å². The number of hydrogen-bond acceptors (Lipinski definition) is 0. The van der Waals surface area contributed by atoms with Crippen LogP contribution in [0.15, 0.2) is 0 Å². The van der Waals surface area contributed by atoms with Crippen LogP contribution in [-0.2, 0) is 0 Å². The molecule has 0 amide bonds. The summed E-state index contributed by atoms with van der Waals surface area (Å²) in [5.41, 5.74) is 0. The van der Waals surface area contributed by atoms with Crippen LogP contribution in [0.2, 0.25) is 0 Å². The van der Waals surface area contributed by atoms with Crippen molar-refractivity contribution in [1.29, 1.82) is 0 Å². The van der Waals surface area contributed by atoms with Crippen molar-refractivity contribution in [2.75, 3.05) is 0 Å². The monoisotopic (exact) mass is 236 g/mol. The minimum absolute atomic E-state index is 0.945. The summed E-state index contributed by atoms with van der Waals surface area (Å²) >= 11 is 0. The van der Waals surface area contributed by atoms with E-state index in [0.717, 1.165) is 41.4 Å². The average molecular weight is 236 g/mol. The zero-order valence-electron chi connectivity index (χ0n) is 12.6. The maximum atomic E-state index is 2.52. The second-order valence-corrected chi connectivity index (χ2v) is 7.51. The first kappa shape index (κ1) is 13.4. The van der Waals surface area contributed by atoms with E-state index in [1.54, 1.807) is 0 Å². The molecule has 0 heterocycles. The lowest BCUT2D eigenvalue weighted by Gasteiger charge is -2.46. The largest absolute Gasteiger partial charge is 0.0622 e. The van der Waals surface area contributed by atoms with Gasteiger partial charge in [0.05, 0.1) is 0 Å². The van der Waals surface area contributed by atoms with E-state index in [1.807, 2.05) is 0 Å². The second-order valence-electron chi connectivity index (χ2n) is 7.51. The third-order valence-electron chi connectivity index (χ3n) is 6.32. The Balaban J connectivity index is 2.05. The summed E-state index contributed by atoms with van der Waals surface area (Å²) in [6.45, 7) is 12.5. The molecule has 0 aromatic heterocycles. The normalized spacial score (nSPS) is 52.4. The van der Waals surface area contributed by atoms with Gasteiger partial charge in [-0.3, -0.25) is 0 Å². The Hall–Kier alpha value is 0. The molecule has 17 heavy (non-hydrogen) atoms. The van der Waals surface area contributed by atoms with Crippen LogP contribution in [0.5, 0.6) is 0 Å². The summed E-state index contributed by atoms with van der Waals surface area (Å²) in [6.07, 6.45) is 7.47. The van der Waals surface area contributed by atoms with E-state index < -0.39 is 0 Å². The molecule has 0 spiro atoms. The predicted octanol–water partition coefficient (Wildman–Crippen LogP) is 5.38. The summed E-state index contributed by atoms with van der Waals surface area (Å²) in [6, 6.07) is 0. The molecular formula is C17H32. The van der Waals surface area contributed by atoms with Gasteiger partial charge >= 0.3 is 0 Å². The van der Waals surface area contributed by atoms with Crippen LogP contribution in [0.3, 0.4) is 0 Å². The Morgan fingerprint density at radius 3 is 1.59 bits per heavy atom. The van der Waals surface area contributed by atoms with E-state index in [9.17, 15) is 0 Å². The lowest BCUT2D eigenvalue weighted by Crippen LogP contribution is -2.38. The van der Waals surface area contributed by atoms with Crippen LogP contribution >= 0.6 is 0 Å². The molecule has 2 aliphatic carbocycles. The van der Waals surface area contributed by atoms with Crippen LogP contribution < -0.4 is 0 Å². The summed E-state index contributed by atoms with van der Waals surface area (Å²) in [5.74, 6) is 6.87. The molecule has 0 saturated heterocycles. The second kappa shape index (κ2) is 5.33. The number of rotatable bonds is 1. The summed E-state index contributed by atoms with van der Waals surface area (Å²) in [5, 5.41) is 0. The SMILES string of the molecule is CC1CC(C2C(C)CCCC2C)CC(C)C1C. The molecule has 0 nitrogen and oxygen atoms in total. The molecule has 2 aliphatic rings. The molecule has 0 aromatic rings. The van der Waals surface area contributed by atoms with Crippen LogP contribution in [0, 0.1) is 41.4 Å². The molecule has 100 valence electrons. The maximum absolute atomic E-state index is 2.52. The Morgan fingerprint density at radius 2 is 1.12 bits per heavy atom. The Labute approximate surface area is 109 Å². The highest BCUT2D eigenvalue weighted by atomic mass is 14.4. The van der Waals surface area contributed by atoms with Crippen molar-refractivity contribution in [3.8, 4) is 0 Å². The van der Waals surface area contributed by atoms with Gasteiger partial charge in [0.2, 0.25) is 0 Å². The average Bonchev–Trinajstić information content (AvgIpc) is 2.25. The van der Waals surface area contributed by atoms with Crippen molar-refractivity contribution in [3.05, 3.63) is 0 Å². The van der Waals surface area contributed by atoms with E-state index in [0.29, 0.717) is 0 Å². The molecule has 0 heteroatoms. The molecule has 0 aromatic carbocycles. The van der Waals surface area contributed by atoms with E-state index in [1.165, 1.54) is 32.1 Å². The van der Waals surface area contributed by atoms with Crippen LogP contribution in [-0.4, -0.2) is 0 Å². The van der Waals surface area contributed by atoms with Crippen molar-refractivity contribution in [2.24, 2.45) is 41.4 Å². The number of hydrogen-bond donors (Lipinski definition) is 0. The molecule has 0 bridgehead atoms. The fourth-order valence-electron chi connectivity index (χ4n) is 4.99. The predicted molar refractivity (Wildman–Crippen MR) is 75.9 cm³/mol. The molecule has 0 N–H and O–H groups in total. The zero-order valence-corrected chi connectivity index (χ0v) is 12.6. The van der Waals surface area contributed by atoms with Gasteiger partial charge in [0, 0.05) is 0 Å². The lowest BCUT2D eigenvalue weighted by atomic mass is 9.59. The summed E-state index contributed by atoms with van der Waals surface area (Å²) in [4.78, 5) is 0. The van der Waals surface area contributed by atoms with Crippen molar-refractivity contribution in [2.45, 2.75) is 66.7 Å². The highest BCUT2D eigenvalue weighted by Crippen LogP contribution is 2.48. The fourth-order valence-corrected chi connectivity index (χ4v) is 4.99. The quantitative estimate of drug-likeness (QED) is 0.573. The topological polar surface area (TPSA) is 0 Å². The van der Waals surface area contributed by atoms with Gasteiger partial charge in [-0.2, -0.15) is 0 Å². The standard InChI is InChI=1S/C17H32/c1-11-7-6-8-12(2)17(11)16-9-13(3)15(5)14(4)10-16/h11-17H,6-10H2,1-5H3. The third kappa shape index (κ3) is 2.71. The molecule has 0 radical (unpaired) electrons. The van der Waals surface area contributed by atoms with Gasteiger partial charge in [-0.05, 0) is 54.3 Å². The minimum Gasteiger partial charge on any atom is -0.0622 e. The fraction of sp³-hybridized carbons (Fsp3) is 1.00. The minimum atomic E-state index is 0.945. The lowest BCUT2D eigenvalue weighted by molar-refractivity contribution is 0.0338. The van der Waals surface area contributed by atoms with E-state index in [-0.39, 0.29) is 0 Å². The van der Waals surface area contributed by atoms with Gasteiger partial charge in [-0.15, -0.1) is 0 Å². The zero-order chi connectivity index (χ0) is 12.6. The smallest absolute Gasteiger partial charge is 0.0334 e. The van der Waals surface area contributed by atoms with Crippen LogP contribution in [0.4, 0.5) is 0 Å². The molecule has 4 atom stereocenters. The van der Waals surface area contributed by atoms with Crippen molar-refractivity contribution in [1.82, 2.24) is 0 Å². The Kier molecular flexibility index (Phi) is 4.21. The van der Waals surface area contributed by atoms with E-state index >= 15 is 0 Å². The van der Waals surface area contributed by atoms with Crippen molar-refractivity contribution >= 4 is 0 Å². The third-order valence-corrected chi connectivity index (χ3v) is 6.32. The molecule has 0 aliphatic heterocycles. The van der Waals surface area contributed by atoms with Crippen LogP contribution in [0.25, 0.3) is 0 Å². The molecule has 2 rings (SSSR count). The van der Waals surface area contributed by atoms with Gasteiger partial charge in [0.15, 0.2) is 0 Å². The van der Waals surface area contributed by atoms with Gasteiger partial charge in [0.25, 0.3) is 0 Å². The highest BCUT2D eigenvalue weighted by Gasteiger charge is 2.39. The van der Waals surface area contributed by atoms with Crippen molar-refractivity contribution in [3.63, 3.8) is 0 Å². The van der Waals surface area contributed by atoms with Gasteiger partial charge in [-0.1, -0.05) is 53.9 Å². The first-order valence-corrected chi connectivity index (χ1v) is 8.00. The molecule has 4 unspecified atom stereocenters. The van der Waals surface area contributed by atoms with E-state index in [4.69, 9.17) is 0 Å². The van der Waals surface area contributed by atoms with Gasteiger partial charge in [0.1, 0.15) is 0 Å². The van der Waals surface area contributed by atoms with Gasteiger partial charge < -0.3 is 0 Å².